The Morgan fingerprint density at radius 2 is 1.04 bits per heavy atom. The third-order valence-corrected chi connectivity index (χ3v) is 3.86. The minimum Gasteiger partial charge on any atom is -0.460 e. The number of hydrogen-bond acceptors (Lipinski definition) is 6. The first-order chi connectivity index (χ1) is 13.1. The molecule has 0 fully saturated rings. The number of rotatable bonds is 10. The molecule has 0 rings (SSSR count). The van der Waals surface area contributed by atoms with E-state index in [1.54, 1.807) is 0 Å². The van der Waals surface area contributed by atoms with Gasteiger partial charge in [0.1, 0.15) is 13.2 Å². The lowest BCUT2D eigenvalue weighted by Crippen LogP contribution is -2.46. The van der Waals surface area contributed by atoms with Crippen LogP contribution in [0.5, 0.6) is 0 Å². The van der Waals surface area contributed by atoms with E-state index in [4.69, 9.17) is 9.47 Å². The van der Waals surface area contributed by atoms with Crippen LogP contribution in [-0.4, -0.2) is 63.4 Å². The van der Waals surface area contributed by atoms with Crippen LogP contribution in [-0.2, 0) is 19.1 Å². The van der Waals surface area contributed by atoms with Crippen LogP contribution in [0.25, 0.3) is 0 Å². The molecular formula is C18H32N4O6. The van der Waals surface area contributed by atoms with Crippen molar-refractivity contribution >= 4 is 24.0 Å². The normalized spacial score (nSPS) is 13.0. The fraction of sp³-hybridized carbons (Fsp3) is 0.667. The Balaban J connectivity index is 4.46. The van der Waals surface area contributed by atoms with E-state index >= 15 is 0 Å². The first-order valence-corrected chi connectivity index (χ1v) is 9.08. The predicted molar refractivity (Wildman–Crippen MR) is 103 cm³/mol. The van der Waals surface area contributed by atoms with Gasteiger partial charge in [-0.3, -0.25) is 0 Å². The van der Waals surface area contributed by atoms with Crippen molar-refractivity contribution in [2.24, 2.45) is 11.8 Å². The molecular weight excluding hydrogens is 368 g/mol. The second-order valence-electron chi connectivity index (χ2n) is 6.74. The molecule has 0 aromatic heterocycles. The molecule has 0 bridgehead atoms. The van der Waals surface area contributed by atoms with Crippen LogP contribution in [0.15, 0.2) is 12.2 Å². The highest BCUT2D eigenvalue weighted by molar-refractivity contribution is 5.91. The standard InChI is InChI=1S/C18H32N4O6/c1-11(2)13(21-17(25)19-5)9-27-15(23)7-8-16(24)28-10-14(12(3)4)22-18(26)20-6/h7-8,11-14H,9-10H2,1-6H3,(H2,19,21,25)(H2,20,22,26)/b8-7+/t13-,14-/m1/s1. The molecule has 10 nitrogen and oxygen atoms in total. The van der Waals surface area contributed by atoms with E-state index in [0.29, 0.717) is 0 Å². The zero-order valence-electron chi connectivity index (χ0n) is 17.3. The third-order valence-electron chi connectivity index (χ3n) is 3.86. The van der Waals surface area contributed by atoms with Crippen molar-refractivity contribution in [1.82, 2.24) is 21.3 Å². The molecule has 28 heavy (non-hydrogen) atoms. The maximum Gasteiger partial charge on any atom is 0.331 e. The molecule has 0 radical (unpaired) electrons. The van der Waals surface area contributed by atoms with Crippen molar-refractivity contribution in [3.8, 4) is 0 Å². The van der Waals surface area contributed by atoms with E-state index in [1.807, 2.05) is 27.7 Å². The summed E-state index contributed by atoms with van der Waals surface area (Å²) in [6, 6.07) is -1.49. The summed E-state index contributed by atoms with van der Waals surface area (Å²) in [6.07, 6.45) is 1.91. The van der Waals surface area contributed by atoms with Gasteiger partial charge in [0.25, 0.3) is 0 Å². The summed E-state index contributed by atoms with van der Waals surface area (Å²) in [4.78, 5) is 46.3. The summed E-state index contributed by atoms with van der Waals surface area (Å²) < 4.78 is 10.1. The average Bonchev–Trinajstić information content (AvgIpc) is 2.65. The summed E-state index contributed by atoms with van der Waals surface area (Å²) >= 11 is 0. The fourth-order valence-corrected chi connectivity index (χ4v) is 1.86. The smallest absolute Gasteiger partial charge is 0.331 e. The monoisotopic (exact) mass is 400 g/mol. The number of ether oxygens (including phenoxy) is 2. The van der Waals surface area contributed by atoms with Gasteiger partial charge in [-0.1, -0.05) is 27.7 Å². The van der Waals surface area contributed by atoms with Gasteiger partial charge >= 0.3 is 24.0 Å². The lowest BCUT2D eigenvalue weighted by molar-refractivity contribution is -0.141. The van der Waals surface area contributed by atoms with Gasteiger partial charge < -0.3 is 30.7 Å². The molecule has 2 atom stereocenters. The SMILES string of the molecule is CNC(=O)N[C@H](COC(=O)/C=C/C(=O)OC[C@@H](NC(=O)NC)C(C)C)C(C)C. The van der Waals surface area contributed by atoms with Crippen molar-refractivity contribution in [3.05, 3.63) is 12.2 Å². The molecule has 4 N–H and O–H groups in total. The zero-order chi connectivity index (χ0) is 21.7. The number of nitrogens with one attached hydrogen (secondary N) is 4. The summed E-state index contributed by atoms with van der Waals surface area (Å²) in [5, 5.41) is 10.2. The van der Waals surface area contributed by atoms with Gasteiger partial charge in [-0.05, 0) is 11.8 Å². The van der Waals surface area contributed by atoms with E-state index in [1.165, 1.54) is 14.1 Å². The van der Waals surface area contributed by atoms with Crippen LogP contribution in [0.3, 0.4) is 0 Å². The van der Waals surface area contributed by atoms with Crippen LogP contribution in [0.1, 0.15) is 27.7 Å². The molecule has 0 aliphatic heterocycles. The predicted octanol–water partition coefficient (Wildman–Crippen LogP) is 0.536. The topological polar surface area (TPSA) is 135 Å². The quantitative estimate of drug-likeness (QED) is 0.312. The molecule has 4 amide bonds. The van der Waals surface area contributed by atoms with Crippen LogP contribution in [0, 0.1) is 11.8 Å². The maximum atomic E-state index is 11.8. The molecule has 0 heterocycles. The van der Waals surface area contributed by atoms with Crippen molar-refractivity contribution in [3.63, 3.8) is 0 Å². The molecule has 0 aliphatic rings. The van der Waals surface area contributed by atoms with Gasteiger partial charge in [-0.25, -0.2) is 19.2 Å². The Kier molecular flexibility index (Phi) is 12.1. The number of carbonyl (C=O) groups excluding carboxylic acids is 4. The van der Waals surface area contributed by atoms with E-state index in [9.17, 15) is 19.2 Å². The van der Waals surface area contributed by atoms with E-state index in [-0.39, 0.29) is 49.2 Å². The average molecular weight is 400 g/mol. The Labute approximate surface area is 165 Å². The second-order valence-corrected chi connectivity index (χ2v) is 6.74. The number of amides is 4. The van der Waals surface area contributed by atoms with Gasteiger partial charge in [-0.15, -0.1) is 0 Å². The molecule has 0 spiro atoms. The number of hydrogen-bond donors (Lipinski definition) is 4. The van der Waals surface area contributed by atoms with Crippen molar-refractivity contribution in [2.75, 3.05) is 27.3 Å². The highest BCUT2D eigenvalue weighted by atomic mass is 16.5. The Morgan fingerprint density at radius 1 is 0.714 bits per heavy atom. The Bertz CT molecular complexity index is 514. The summed E-state index contributed by atoms with van der Waals surface area (Å²) in [5.41, 5.74) is 0. The molecule has 0 aromatic rings. The molecule has 0 aliphatic carbocycles. The third kappa shape index (κ3) is 11.0. The molecule has 10 heteroatoms. The first kappa shape index (κ1) is 25.2. The van der Waals surface area contributed by atoms with Crippen molar-refractivity contribution in [2.45, 2.75) is 39.8 Å². The van der Waals surface area contributed by atoms with Gasteiger partial charge in [-0.2, -0.15) is 0 Å². The molecule has 0 saturated carbocycles. The summed E-state index contributed by atoms with van der Waals surface area (Å²) in [6.45, 7) is 7.43. The van der Waals surface area contributed by atoms with Crippen LogP contribution in [0.4, 0.5) is 9.59 Å². The molecule has 0 saturated heterocycles. The number of esters is 2. The van der Waals surface area contributed by atoms with Gasteiger partial charge in [0.05, 0.1) is 12.1 Å². The fourth-order valence-electron chi connectivity index (χ4n) is 1.86. The van der Waals surface area contributed by atoms with Crippen LogP contribution < -0.4 is 21.3 Å². The highest BCUT2D eigenvalue weighted by Gasteiger charge is 2.18. The van der Waals surface area contributed by atoms with E-state index in [0.717, 1.165) is 12.2 Å². The van der Waals surface area contributed by atoms with Gasteiger partial charge in [0, 0.05) is 26.2 Å². The molecule has 0 aromatic carbocycles. The molecule has 160 valence electrons. The van der Waals surface area contributed by atoms with Gasteiger partial charge in [0.15, 0.2) is 0 Å². The lowest BCUT2D eigenvalue weighted by atomic mass is 10.1. The zero-order valence-corrected chi connectivity index (χ0v) is 17.3. The van der Waals surface area contributed by atoms with E-state index < -0.39 is 11.9 Å². The minimum atomic E-state index is -0.731. The van der Waals surface area contributed by atoms with Crippen LogP contribution >= 0.6 is 0 Å². The van der Waals surface area contributed by atoms with Crippen molar-refractivity contribution < 1.29 is 28.7 Å². The second kappa shape index (κ2) is 13.4. The maximum absolute atomic E-state index is 11.8. The lowest BCUT2D eigenvalue weighted by Gasteiger charge is -2.21. The largest absolute Gasteiger partial charge is 0.460 e. The Morgan fingerprint density at radius 3 is 1.29 bits per heavy atom. The van der Waals surface area contributed by atoms with E-state index in [2.05, 4.69) is 21.3 Å². The number of carbonyl (C=O) groups is 4. The van der Waals surface area contributed by atoms with Crippen molar-refractivity contribution in [1.29, 1.82) is 0 Å². The van der Waals surface area contributed by atoms with Crippen LogP contribution in [0.2, 0.25) is 0 Å². The summed E-state index contributed by atoms with van der Waals surface area (Å²) in [5.74, 6) is -1.38. The van der Waals surface area contributed by atoms with Gasteiger partial charge in [0.2, 0.25) is 0 Å². The minimum absolute atomic E-state index is 0.0330. The number of urea groups is 2. The highest BCUT2D eigenvalue weighted by Crippen LogP contribution is 2.04. The molecule has 0 unspecified atom stereocenters. The summed E-state index contributed by atoms with van der Waals surface area (Å²) in [7, 11) is 2.97. The first-order valence-electron chi connectivity index (χ1n) is 9.08. The Hall–Kier alpha value is -2.78.